The number of H-pyrrole nitrogens is 1. The highest BCUT2D eigenvalue weighted by molar-refractivity contribution is 7.22. The van der Waals surface area contributed by atoms with Gasteiger partial charge >= 0.3 is 0 Å². The van der Waals surface area contributed by atoms with Gasteiger partial charge in [0, 0.05) is 26.2 Å². The van der Waals surface area contributed by atoms with Crippen LogP contribution in [0.25, 0.3) is 10.2 Å². The summed E-state index contributed by atoms with van der Waals surface area (Å²) in [6, 6.07) is 1.99. The van der Waals surface area contributed by atoms with Gasteiger partial charge in [0.1, 0.15) is 10.5 Å². The second-order valence-corrected chi connectivity index (χ2v) is 5.28. The molecule has 7 heteroatoms. The zero-order valence-electron chi connectivity index (χ0n) is 9.90. The Bertz CT molecular complexity index is 613. The maximum absolute atomic E-state index is 11.9. The monoisotopic (exact) mass is 265 g/mol. The number of fused-ring (bicyclic) bond motifs is 1. The van der Waals surface area contributed by atoms with Gasteiger partial charge in [0.2, 0.25) is 0 Å². The number of hydrogen-bond acceptors (Lipinski definition) is 6. The van der Waals surface area contributed by atoms with Crippen LogP contribution in [-0.2, 0) is 6.54 Å². The number of rotatable bonds is 2. The van der Waals surface area contributed by atoms with Crippen molar-refractivity contribution in [2.45, 2.75) is 6.54 Å². The van der Waals surface area contributed by atoms with E-state index in [1.165, 1.54) is 11.3 Å². The van der Waals surface area contributed by atoms with Crippen LogP contribution in [0.15, 0.2) is 10.9 Å². The zero-order valence-corrected chi connectivity index (χ0v) is 10.7. The lowest BCUT2D eigenvalue weighted by Gasteiger charge is -2.27. The highest BCUT2D eigenvalue weighted by atomic mass is 32.1. The molecule has 0 amide bonds. The Morgan fingerprint density at radius 1 is 1.44 bits per heavy atom. The normalized spacial score (nSPS) is 16.4. The Morgan fingerprint density at radius 2 is 2.22 bits per heavy atom. The van der Waals surface area contributed by atoms with Crippen molar-refractivity contribution < 1.29 is 0 Å². The fourth-order valence-corrected chi connectivity index (χ4v) is 3.16. The number of nitrogens with one attached hydrogen (secondary N) is 2. The van der Waals surface area contributed by atoms with Crippen LogP contribution in [0.2, 0.25) is 0 Å². The molecule has 0 radical (unpaired) electrons. The van der Waals surface area contributed by atoms with Gasteiger partial charge in [0.25, 0.3) is 5.56 Å². The largest absolute Gasteiger partial charge is 0.361 e. The number of piperazine rings is 1. The SMILES string of the molecule is NCc1nc2cc(N3CCNCC3)sc2c(=O)[nH]1. The minimum absolute atomic E-state index is 0.0909. The van der Waals surface area contributed by atoms with Crippen LogP contribution in [0, 0.1) is 0 Å². The highest BCUT2D eigenvalue weighted by Gasteiger charge is 2.15. The molecule has 1 fully saturated rings. The van der Waals surface area contributed by atoms with Crippen molar-refractivity contribution in [1.82, 2.24) is 15.3 Å². The summed E-state index contributed by atoms with van der Waals surface area (Å²) < 4.78 is 0.681. The molecule has 3 heterocycles. The number of aromatic nitrogens is 2. The van der Waals surface area contributed by atoms with Gasteiger partial charge in [-0.15, -0.1) is 11.3 Å². The minimum Gasteiger partial charge on any atom is -0.361 e. The molecule has 0 atom stereocenters. The summed E-state index contributed by atoms with van der Waals surface area (Å²) in [6.07, 6.45) is 0. The van der Waals surface area contributed by atoms with Crippen LogP contribution in [0.5, 0.6) is 0 Å². The number of nitrogens with two attached hydrogens (primary N) is 1. The molecule has 1 aliphatic heterocycles. The van der Waals surface area contributed by atoms with Crippen molar-refractivity contribution in [2.75, 3.05) is 31.1 Å². The zero-order chi connectivity index (χ0) is 12.5. The average Bonchev–Trinajstić information content (AvgIpc) is 2.84. The van der Waals surface area contributed by atoms with Crippen LogP contribution < -0.4 is 21.5 Å². The van der Waals surface area contributed by atoms with Gasteiger partial charge in [-0.25, -0.2) is 4.98 Å². The van der Waals surface area contributed by atoms with Crippen molar-refractivity contribution in [3.8, 4) is 0 Å². The van der Waals surface area contributed by atoms with Crippen molar-refractivity contribution in [1.29, 1.82) is 0 Å². The topological polar surface area (TPSA) is 87.0 Å². The Labute approximate surface area is 108 Å². The third kappa shape index (κ3) is 2.00. The summed E-state index contributed by atoms with van der Waals surface area (Å²) in [6.45, 7) is 4.14. The quantitative estimate of drug-likeness (QED) is 0.703. The van der Waals surface area contributed by atoms with Crippen LogP contribution in [0.3, 0.4) is 0 Å². The van der Waals surface area contributed by atoms with Crippen molar-refractivity contribution in [2.24, 2.45) is 5.73 Å². The standard InChI is InChI=1S/C11H15N5OS/c12-6-8-14-7-5-9(16-3-1-13-2-4-16)18-10(7)11(17)15-8/h5,13H,1-4,6,12H2,(H,14,15,17). The van der Waals surface area contributed by atoms with E-state index < -0.39 is 0 Å². The first-order valence-electron chi connectivity index (χ1n) is 5.96. The van der Waals surface area contributed by atoms with E-state index in [1.807, 2.05) is 6.07 Å². The first kappa shape index (κ1) is 11.6. The van der Waals surface area contributed by atoms with Gasteiger partial charge in [-0.2, -0.15) is 0 Å². The van der Waals surface area contributed by atoms with E-state index in [1.54, 1.807) is 0 Å². The molecule has 0 spiro atoms. The predicted octanol–water partition coefficient (Wildman–Crippen LogP) is -0.147. The third-order valence-electron chi connectivity index (χ3n) is 3.04. The van der Waals surface area contributed by atoms with Crippen molar-refractivity contribution in [3.05, 3.63) is 22.2 Å². The molecule has 1 aliphatic rings. The number of hydrogen-bond donors (Lipinski definition) is 3. The van der Waals surface area contributed by atoms with Gasteiger partial charge in [-0.05, 0) is 6.07 Å². The Balaban J connectivity index is 2.04. The van der Waals surface area contributed by atoms with Crippen LogP contribution in [0.4, 0.5) is 5.00 Å². The van der Waals surface area contributed by atoms with Crippen LogP contribution >= 0.6 is 11.3 Å². The molecule has 0 unspecified atom stereocenters. The maximum atomic E-state index is 11.9. The first-order chi connectivity index (χ1) is 8.78. The molecule has 1 saturated heterocycles. The van der Waals surface area contributed by atoms with E-state index in [2.05, 4.69) is 20.2 Å². The second-order valence-electron chi connectivity index (χ2n) is 4.25. The molecule has 96 valence electrons. The molecular weight excluding hydrogens is 250 g/mol. The van der Waals surface area contributed by atoms with Crippen molar-refractivity contribution in [3.63, 3.8) is 0 Å². The van der Waals surface area contributed by atoms with E-state index in [0.29, 0.717) is 10.5 Å². The number of nitrogens with zero attached hydrogens (tertiary/aromatic N) is 2. The number of anilines is 1. The number of thiophene rings is 1. The molecular formula is C11H15N5OS. The summed E-state index contributed by atoms with van der Waals surface area (Å²) in [5.74, 6) is 0.539. The molecule has 0 aliphatic carbocycles. The molecule has 6 nitrogen and oxygen atoms in total. The van der Waals surface area contributed by atoms with Crippen LogP contribution in [-0.4, -0.2) is 36.1 Å². The fourth-order valence-electron chi connectivity index (χ4n) is 2.11. The van der Waals surface area contributed by atoms with Gasteiger partial charge in [-0.1, -0.05) is 0 Å². The molecule has 4 N–H and O–H groups in total. The second kappa shape index (κ2) is 4.68. The molecule has 2 aromatic heterocycles. The highest BCUT2D eigenvalue weighted by Crippen LogP contribution is 2.29. The van der Waals surface area contributed by atoms with Gasteiger partial charge in [0.05, 0.1) is 17.1 Å². The predicted molar refractivity (Wildman–Crippen MR) is 73.2 cm³/mol. The minimum atomic E-state index is -0.0909. The molecule has 0 bridgehead atoms. The third-order valence-corrected chi connectivity index (χ3v) is 4.22. The molecule has 3 rings (SSSR count). The lowest BCUT2D eigenvalue weighted by molar-refractivity contribution is 0.592. The lowest BCUT2D eigenvalue weighted by atomic mass is 10.3. The Morgan fingerprint density at radius 3 is 2.94 bits per heavy atom. The summed E-state index contributed by atoms with van der Waals surface area (Å²) in [7, 11) is 0. The van der Waals surface area contributed by atoms with Crippen molar-refractivity contribution >= 4 is 26.6 Å². The number of aromatic amines is 1. The summed E-state index contributed by atoms with van der Waals surface area (Å²) in [5.41, 5.74) is 6.17. The first-order valence-corrected chi connectivity index (χ1v) is 6.78. The lowest BCUT2D eigenvalue weighted by Crippen LogP contribution is -2.43. The fraction of sp³-hybridized carbons (Fsp3) is 0.455. The van der Waals surface area contributed by atoms with E-state index in [-0.39, 0.29) is 12.1 Å². The molecule has 0 saturated carbocycles. The van der Waals surface area contributed by atoms with Gasteiger partial charge in [-0.3, -0.25) is 4.79 Å². The summed E-state index contributed by atoms with van der Waals surface area (Å²) >= 11 is 1.50. The molecule has 2 aromatic rings. The Hall–Kier alpha value is -1.44. The molecule has 18 heavy (non-hydrogen) atoms. The van der Waals surface area contributed by atoms with E-state index in [4.69, 9.17) is 5.73 Å². The van der Waals surface area contributed by atoms with E-state index in [9.17, 15) is 4.79 Å². The summed E-state index contributed by atoms with van der Waals surface area (Å²) in [5, 5.41) is 4.42. The van der Waals surface area contributed by atoms with Gasteiger partial charge in [0.15, 0.2) is 0 Å². The van der Waals surface area contributed by atoms with Gasteiger partial charge < -0.3 is 20.9 Å². The summed E-state index contributed by atoms with van der Waals surface area (Å²) in [4.78, 5) is 21.2. The van der Waals surface area contributed by atoms with E-state index in [0.717, 1.165) is 36.7 Å². The smallest absolute Gasteiger partial charge is 0.268 e. The van der Waals surface area contributed by atoms with E-state index >= 15 is 0 Å². The molecule has 0 aromatic carbocycles. The maximum Gasteiger partial charge on any atom is 0.268 e. The van der Waals surface area contributed by atoms with Crippen LogP contribution in [0.1, 0.15) is 5.82 Å². The Kier molecular flexibility index (Phi) is 3.02. The average molecular weight is 265 g/mol.